The van der Waals surface area contributed by atoms with Crippen LogP contribution >= 0.6 is 0 Å². The first kappa shape index (κ1) is 18.7. The number of rotatable bonds is 6. The summed E-state index contributed by atoms with van der Waals surface area (Å²) < 4.78 is 15.7. The van der Waals surface area contributed by atoms with Gasteiger partial charge in [0.05, 0.1) is 0 Å². The van der Waals surface area contributed by atoms with Crippen molar-refractivity contribution in [3.8, 4) is 5.75 Å². The normalized spacial score (nSPS) is 12.4. The predicted octanol–water partition coefficient (Wildman–Crippen LogP) is 2.84. The third-order valence-corrected chi connectivity index (χ3v) is 4.72. The Labute approximate surface area is 166 Å². The van der Waals surface area contributed by atoms with Crippen molar-refractivity contribution in [3.05, 3.63) is 70.1 Å². The number of carbonyl (C=O) groups is 2. The molecule has 0 saturated carbocycles. The highest BCUT2D eigenvalue weighted by Gasteiger charge is 2.19. The zero-order chi connectivity index (χ0) is 20.2. The highest BCUT2D eigenvalue weighted by molar-refractivity contribution is 5.92. The number of hydrogen-bond donors (Lipinski definition) is 1. The van der Waals surface area contributed by atoms with Gasteiger partial charge >= 0.3 is 11.6 Å². The van der Waals surface area contributed by atoms with E-state index in [2.05, 4.69) is 5.32 Å². The summed E-state index contributed by atoms with van der Waals surface area (Å²) in [7, 11) is 0. The number of carbonyl (C=O) groups excluding carboxylic acids is 2. The summed E-state index contributed by atoms with van der Waals surface area (Å²) in [5.74, 6) is -0.737. The minimum atomic E-state index is -0.677. The number of aryl methyl sites for hydroxylation is 1. The molecule has 1 aromatic heterocycles. The average Bonchev–Trinajstić information content (AvgIpc) is 3.22. The molecule has 2 aromatic carbocycles. The number of benzene rings is 2. The number of nitrogens with one attached hydrogen (secondary N) is 1. The van der Waals surface area contributed by atoms with Crippen LogP contribution in [0, 0.1) is 0 Å². The molecule has 0 atom stereocenters. The predicted molar refractivity (Wildman–Crippen MR) is 106 cm³/mol. The van der Waals surface area contributed by atoms with Gasteiger partial charge < -0.3 is 19.2 Å². The summed E-state index contributed by atoms with van der Waals surface area (Å²) in [6.07, 6.45) is 2.55. The molecule has 7 heteroatoms. The standard InChI is InChI=1S/C22H19NO6/c24-20(23-14-5-2-1-3-6-14)12-28-21(25)13-27-15-9-10-17-16-7-4-8-18(16)22(26)29-19(17)11-15/h1-3,5-6,9-11H,4,7-8,12-13H2,(H,23,24). The fraction of sp³-hybridized carbons (Fsp3) is 0.227. The summed E-state index contributed by atoms with van der Waals surface area (Å²) in [5.41, 5.74) is 2.53. The van der Waals surface area contributed by atoms with E-state index in [1.807, 2.05) is 12.1 Å². The van der Waals surface area contributed by atoms with E-state index in [0.717, 1.165) is 35.8 Å². The summed E-state index contributed by atoms with van der Waals surface area (Å²) in [6, 6.07) is 14.0. The molecule has 3 aromatic rings. The first-order valence-corrected chi connectivity index (χ1v) is 9.32. The SMILES string of the molecule is O=C(COC(=O)COc1ccc2c3c(c(=O)oc2c1)CCC3)Nc1ccccc1. The molecular weight excluding hydrogens is 374 g/mol. The summed E-state index contributed by atoms with van der Waals surface area (Å²) in [4.78, 5) is 35.7. The van der Waals surface area contributed by atoms with E-state index in [9.17, 15) is 14.4 Å². The largest absolute Gasteiger partial charge is 0.482 e. The molecule has 0 radical (unpaired) electrons. The second-order valence-corrected chi connectivity index (χ2v) is 6.72. The van der Waals surface area contributed by atoms with Gasteiger partial charge in [-0.05, 0) is 49.1 Å². The lowest BCUT2D eigenvalue weighted by Gasteiger charge is -2.09. The number of amides is 1. The first-order chi connectivity index (χ1) is 14.1. The summed E-state index contributed by atoms with van der Waals surface area (Å²) in [5, 5.41) is 3.51. The van der Waals surface area contributed by atoms with E-state index >= 15 is 0 Å². The molecule has 1 amide bonds. The van der Waals surface area contributed by atoms with Gasteiger partial charge in [0.2, 0.25) is 0 Å². The Hall–Kier alpha value is -3.61. The molecule has 1 aliphatic carbocycles. The molecule has 29 heavy (non-hydrogen) atoms. The Morgan fingerprint density at radius 1 is 1.00 bits per heavy atom. The van der Waals surface area contributed by atoms with Crippen LogP contribution in [0.3, 0.4) is 0 Å². The van der Waals surface area contributed by atoms with Gasteiger partial charge in [-0.2, -0.15) is 0 Å². The molecule has 0 fully saturated rings. The zero-order valence-electron chi connectivity index (χ0n) is 15.6. The van der Waals surface area contributed by atoms with Crippen molar-refractivity contribution in [3.63, 3.8) is 0 Å². The monoisotopic (exact) mass is 393 g/mol. The van der Waals surface area contributed by atoms with Crippen molar-refractivity contribution < 1.29 is 23.5 Å². The lowest BCUT2D eigenvalue weighted by atomic mass is 10.1. The van der Waals surface area contributed by atoms with Gasteiger partial charge in [-0.3, -0.25) is 4.79 Å². The van der Waals surface area contributed by atoms with E-state index in [4.69, 9.17) is 13.9 Å². The first-order valence-electron chi connectivity index (χ1n) is 9.32. The Bertz CT molecular complexity index is 1120. The van der Waals surface area contributed by atoms with E-state index in [0.29, 0.717) is 17.0 Å². The van der Waals surface area contributed by atoms with Crippen molar-refractivity contribution in [2.45, 2.75) is 19.3 Å². The summed E-state index contributed by atoms with van der Waals surface area (Å²) in [6.45, 7) is -0.769. The van der Waals surface area contributed by atoms with Crippen LogP contribution in [0.2, 0.25) is 0 Å². The highest BCUT2D eigenvalue weighted by Crippen LogP contribution is 2.29. The third-order valence-electron chi connectivity index (χ3n) is 4.72. The lowest BCUT2D eigenvalue weighted by Crippen LogP contribution is -2.23. The highest BCUT2D eigenvalue weighted by atomic mass is 16.6. The molecule has 0 saturated heterocycles. The zero-order valence-corrected chi connectivity index (χ0v) is 15.6. The van der Waals surface area contributed by atoms with Crippen molar-refractivity contribution in [1.82, 2.24) is 0 Å². The maximum atomic E-state index is 12.1. The Morgan fingerprint density at radius 2 is 1.79 bits per heavy atom. The maximum Gasteiger partial charge on any atom is 0.344 e. The van der Waals surface area contributed by atoms with Crippen LogP contribution in [0.25, 0.3) is 11.0 Å². The smallest absolute Gasteiger partial charge is 0.344 e. The van der Waals surface area contributed by atoms with Crippen molar-refractivity contribution in [2.24, 2.45) is 0 Å². The molecule has 1 N–H and O–H groups in total. The third kappa shape index (κ3) is 4.29. The van der Waals surface area contributed by atoms with Crippen molar-refractivity contribution in [2.75, 3.05) is 18.5 Å². The van der Waals surface area contributed by atoms with Crippen LogP contribution in [0.1, 0.15) is 17.5 Å². The lowest BCUT2D eigenvalue weighted by molar-refractivity contribution is -0.149. The van der Waals surface area contributed by atoms with Gasteiger partial charge in [-0.25, -0.2) is 9.59 Å². The van der Waals surface area contributed by atoms with Gasteiger partial charge in [0.1, 0.15) is 11.3 Å². The number of fused-ring (bicyclic) bond motifs is 3. The van der Waals surface area contributed by atoms with Gasteiger partial charge in [0.25, 0.3) is 5.91 Å². The van der Waals surface area contributed by atoms with Gasteiger partial charge in [-0.1, -0.05) is 18.2 Å². The van der Waals surface area contributed by atoms with E-state index in [1.165, 1.54) is 0 Å². The summed E-state index contributed by atoms with van der Waals surface area (Å²) >= 11 is 0. The molecule has 1 aliphatic rings. The second-order valence-electron chi connectivity index (χ2n) is 6.72. The Balaban J connectivity index is 1.32. The molecule has 0 aliphatic heterocycles. The number of esters is 1. The fourth-order valence-corrected chi connectivity index (χ4v) is 3.40. The quantitative estimate of drug-likeness (QED) is 0.511. The molecular formula is C22H19NO6. The molecule has 0 unspecified atom stereocenters. The van der Waals surface area contributed by atoms with Crippen molar-refractivity contribution >= 4 is 28.5 Å². The van der Waals surface area contributed by atoms with Crippen LogP contribution in [0.15, 0.2) is 57.7 Å². The number of para-hydroxylation sites is 1. The Morgan fingerprint density at radius 3 is 2.62 bits per heavy atom. The van der Waals surface area contributed by atoms with Crippen LogP contribution in [-0.4, -0.2) is 25.1 Å². The van der Waals surface area contributed by atoms with Crippen LogP contribution in [0.4, 0.5) is 5.69 Å². The Kier molecular flexibility index (Phi) is 5.29. The van der Waals surface area contributed by atoms with Gasteiger partial charge in [0.15, 0.2) is 13.2 Å². The van der Waals surface area contributed by atoms with Crippen LogP contribution < -0.4 is 15.7 Å². The van der Waals surface area contributed by atoms with E-state index in [1.54, 1.807) is 36.4 Å². The maximum absolute atomic E-state index is 12.1. The van der Waals surface area contributed by atoms with Crippen LogP contribution in [-0.2, 0) is 27.2 Å². The minimum absolute atomic E-state index is 0.314. The second kappa shape index (κ2) is 8.18. The number of ether oxygens (including phenoxy) is 2. The van der Waals surface area contributed by atoms with Crippen molar-refractivity contribution in [1.29, 1.82) is 0 Å². The average molecular weight is 393 g/mol. The fourth-order valence-electron chi connectivity index (χ4n) is 3.40. The molecule has 0 bridgehead atoms. The number of anilines is 1. The molecule has 148 valence electrons. The van der Waals surface area contributed by atoms with Gasteiger partial charge in [-0.15, -0.1) is 0 Å². The van der Waals surface area contributed by atoms with Gasteiger partial charge in [0, 0.05) is 22.7 Å². The topological polar surface area (TPSA) is 94.8 Å². The number of hydrogen-bond acceptors (Lipinski definition) is 6. The molecule has 0 spiro atoms. The molecule has 1 heterocycles. The molecule has 7 nitrogen and oxygen atoms in total. The van der Waals surface area contributed by atoms with E-state index < -0.39 is 18.5 Å². The van der Waals surface area contributed by atoms with Crippen LogP contribution in [0.5, 0.6) is 5.75 Å². The minimum Gasteiger partial charge on any atom is -0.482 e. The molecule has 4 rings (SSSR count). The van der Waals surface area contributed by atoms with E-state index in [-0.39, 0.29) is 12.2 Å².